The SMILES string of the molecule is CC=C(CC)C1=C(CC(CC)CC)C(=O)[C@H](CC)O1. The van der Waals surface area contributed by atoms with Crippen molar-refractivity contribution < 1.29 is 9.53 Å². The molecule has 0 bridgehead atoms. The van der Waals surface area contributed by atoms with Gasteiger partial charge < -0.3 is 4.74 Å². The highest BCUT2D eigenvalue weighted by Gasteiger charge is 2.35. The van der Waals surface area contributed by atoms with Crippen molar-refractivity contribution >= 4 is 5.78 Å². The van der Waals surface area contributed by atoms with Gasteiger partial charge in [0, 0.05) is 5.57 Å². The molecule has 2 heteroatoms. The van der Waals surface area contributed by atoms with Crippen LogP contribution < -0.4 is 0 Å². The van der Waals surface area contributed by atoms with Crippen LogP contribution in [0, 0.1) is 5.92 Å². The van der Waals surface area contributed by atoms with E-state index in [1.807, 2.05) is 13.8 Å². The maximum absolute atomic E-state index is 12.4. The van der Waals surface area contributed by atoms with Gasteiger partial charge in [0.1, 0.15) is 5.76 Å². The van der Waals surface area contributed by atoms with Gasteiger partial charge in [0.15, 0.2) is 6.10 Å². The molecule has 19 heavy (non-hydrogen) atoms. The maximum Gasteiger partial charge on any atom is 0.202 e. The number of rotatable bonds is 7. The van der Waals surface area contributed by atoms with Gasteiger partial charge >= 0.3 is 0 Å². The Morgan fingerprint density at radius 3 is 2.32 bits per heavy atom. The summed E-state index contributed by atoms with van der Waals surface area (Å²) in [4.78, 5) is 12.4. The molecule has 0 amide bonds. The number of hydrogen-bond acceptors (Lipinski definition) is 2. The molecule has 108 valence electrons. The predicted molar refractivity (Wildman–Crippen MR) is 79.9 cm³/mol. The first kappa shape index (κ1) is 16.0. The first-order chi connectivity index (χ1) is 9.12. The number of Topliss-reactive ketones (excluding diaryl/α,β-unsaturated/α-hetero) is 1. The molecule has 0 radical (unpaired) electrons. The topological polar surface area (TPSA) is 26.3 Å². The molecule has 0 saturated carbocycles. The van der Waals surface area contributed by atoms with Crippen LogP contribution in [-0.4, -0.2) is 11.9 Å². The Balaban J connectivity index is 3.07. The average molecular weight is 264 g/mol. The van der Waals surface area contributed by atoms with Gasteiger partial charge in [-0.1, -0.05) is 46.6 Å². The molecule has 0 saturated heterocycles. The smallest absolute Gasteiger partial charge is 0.202 e. The van der Waals surface area contributed by atoms with Crippen LogP contribution in [0.1, 0.15) is 66.7 Å². The van der Waals surface area contributed by atoms with Gasteiger partial charge in [0.25, 0.3) is 0 Å². The van der Waals surface area contributed by atoms with Crippen LogP contribution in [0.15, 0.2) is 23.0 Å². The zero-order chi connectivity index (χ0) is 14.4. The quantitative estimate of drug-likeness (QED) is 0.660. The second-order valence-electron chi connectivity index (χ2n) is 5.24. The van der Waals surface area contributed by atoms with Crippen LogP contribution in [0.5, 0.6) is 0 Å². The van der Waals surface area contributed by atoms with Gasteiger partial charge in [0.05, 0.1) is 0 Å². The second kappa shape index (κ2) is 7.52. The molecule has 0 fully saturated rings. The van der Waals surface area contributed by atoms with Crippen molar-refractivity contribution in [3.05, 3.63) is 23.0 Å². The van der Waals surface area contributed by atoms with Crippen molar-refractivity contribution in [1.29, 1.82) is 0 Å². The van der Waals surface area contributed by atoms with Gasteiger partial charge in [-0.15, -0.1) is 0 Å². The molecule has 1 heterocycles. The van der Waals surface area contributed by atoms with Crippen molar-refractivity contribution in [2.24, 2.45) is 5.92 Å². The van der Waals surface area contributed by atoms with E-state index in [0.29, 0.717) is 5.92 Å². The largest absolute Gasteiger partial charge is 0.482 e. The molecular weight excluding hydrogens is 236 g/mol. The van der Waals surface area contributed by atoms with Gasteiger partial charge in [-0.25, -0.2) is 0 Å². The lowest BCUT2D eigenvalue weighted by atomic mass is 9.90. The zero-order valence-corrected chi connectivity index (χ0v) is 13.1. The molecule has 1 rings (SSSR count). The third-order valence-electron chi connectivity index (χ3n) is 4.16. The summed E-state index contributed by atoms with van der Waals surface area (Å²) in [6.07, 6.45) is 6.62. The number of ketones is 1. The summed E-state index contributed by atoms with van der Waals surface area (Å²) in [6, 6.07) is 0. The van der Waals surface area contributed by atoms with E-state index in [1.165, 1.54) is 5.57 Å². The molecule has 0 aromatic carbocycles. The van der Waals surface area contributed by atoms with E-state index in [0.717, 1.165) is 43.4 Å². The molecule has 0 N–H and O–H groups in total. The number of allylic oxidation sites excluding steroid dienone is 2. The van der Waals surface area contributed by atoms with Crippen LogP contribution in [0.4, 0.5) is 0 Å². The first-order valence-corrected chi connectivity index (χ1v) is 7.72. The van der Waals surface area contributed by atoms with E-state index in [1.54, 1.807) is 0 Å². The highest BCUT2D eigenvalue weighted by molar-refractivity contribution is 6.01. The minimum atomic E-state index is -0.249. The van der Waals surface area contributed by atoms with Crippen molar-refractivity contribution in [3.8, 4) is 0 Å². The second-order valence-corrected chi connectivity index (χ2v) is 5.24. The summed E-state index contributed by atoms with van der Waals surface area (Å²) in [5.41, 5.74) is 2.11. The minimum Gasteiger partial charge on any atom is -0.482 e. The fourth-order valence-electron chi connectivity index (χ4n) is 2.67. The van der Waals surface area contributed by atoms with E-state index < -0.39 is 0 Å². The molecule has 0 aliphatic carbocycles. The summed E-state index contributed by atoms with van der Waals surface area (Å²) in [6.45, 7) is 10.5. The third kappa shape index (κ3) is 3.49. The lowest BCUT2D eigenvalue weighted by Gasteiger charge is -2.13. The normalized spacial score (nSPS) is 20.4. The van der Waals surface area contributed by atoms with Crippen molar-refractivity contribution in [1.82, 2.24) is 0 Å². The van der Waals surface area contributed by atoms with Crippen LogP contribution >= 0.6 is 0 Å². The van der Waals surface area contributed by atoms with Crippen LogP contribution in [0.2, 0.25) is 0 Å². The summed E-state index contributed by atoms with van der Waals surface area (Å²) in [5.74, 6) is 1.69. The van der Waals surface area contributed by atoms with Crippen LogP contribution in [-0.2, 0) is 9.53 Å². The summed E-state index contributed by atoms with van der Waals surface area (Å²) < 4.78 is 5.93. The summed E-state index contributed by atoms with van der Waals surface area (Å²) >= 11 is 0. The molecule has 1 aliphatic heterocycles. The molecular formula is C17H28O2. The number of carbonyl (C=O) groups is 1. The van der Waals surface area contributed by atoms with E-state index in [9.17, 15) is 4.79 Å². The zero-order valence-electron chi connectivity index (χ0n) is 13.1. The molecule has 0 aromatic heterocycles. The fraction of sp³-hybridized carbons (Fsp3) is 0.706. The molecule has 1 atom stereocenters. The molecule has 0 spiro atoms. The Bertz CT molecular complexity index is 373. The number of carbonyl (C=O) groups excluding carboxylic acids is 1. The van der Waals surface area contributed by atoms with Gasteiger partial charge in [-0.05, 0) is 37.7 Å². The average Bonchev–Trinajstić information content (AvgIpc) is 2.74. The lowest BCUT2D eigenvalue weighted by molar-refractivity contribution is -0.121. The number of hydrogen-bond donors (Lipinski definition) is 0. The Morgan fingerprint density at radius 1 is 1.26 bits per heavy atom. The van der Waals surface area contributed by atoms with Gasteiger partial charge in [0.2, 0.25) is 5.78 Å². The standard InChI is InChI=1S/C17H28O2/c1-6-12(7-2)11-14-16(18)15(10-5)19-17(14)13(8-3)9-4/h8,12,15H,6-7,9-11H2,1-5H3/t15-/m0/s1. The van der Waals surface area contributed by atoms with Gasteiger partial charge in [-0.2, -0.15) is 0 Å². The predicted octanol–water partition coefficient (Wildman–Crippen LogP) is 4.80. The maximum atomic E-state index is 12.4. The first-order valence-electron chi connectivity index (χ1n) is 7.72. The highest BCUT2D eigenvalue weighted by atomic mass is 16.5. The van der Waals surface area contributed by atoms with Crippen molar-refractivity contribution in [3.63, 3.8) is 0 Å². The Hall–Kier alpha value is -1.05. The van der Waals surface area contributed by atoms with E-state index in [4.69, 9.17) is 4.74 Å². The molecule has 2 nitrogen and oxygen atoms in total. The fourth-order valence-corrected chi connectivity index (χ4v) is 2.67. The van der Waals surface area contributed by atoms with E-state index in [-0.39, 0.29) is 11.9 Å². The summed E-state index contributed by atoms with van der Waals surface area (Å²) in [7, 11) is 0. The summed E-state index contributed by atoms with van der Waals surface area (Å²) in [5, 5.41) is 0. The van der Waals surface area contributed by atoms with Crippen LogP contribution in [0.3, 0.4) is 0 Å². The monoisotopic (exact) mass is 264 g/mol. The van der Waals surface area contributed by atoms with E-state index >= 15 is 0 Å². The third-order valence-corrected chi connectivity index (χ3v) is 4.16. The van der Waals surface area contributed by atoms with Gasteiger partial charge in [-0.3, -0.25) is 4.79 Å². The van der Waals surface area contributed by atoms with Crippen molar-refractivity contribution in [2.45, 2.75) is 72.8 Å². The number of ether oxygens (including phenoxy) is 1. The Kier molecular flexibility index (Phi) is 6.33. The molecule has 1 aliphatic rings. The van der Waals surface area contributed by atoms with Crippen molar-refractivity contribution in [2.75, 3.05) is 0 Å². The van der Waals surface area contributed by atoms with E-state index in [2.05, 4.69) is 26.8 Å². The highest BCUT2D eigenvalue weighted by Crippen LogP contribution is 2.35. The molecule has 0 aromatic rings. The van der Waals surface area contributed by atoms with Crippen LogP contribution in [0.25, 0.3) is 0 Å². The Morgan fingerprint density at radius 2 is 1.89 bits per heavy atom. The molecule has 0 unspecified atom stereocenters. The minimum absolute atomic E-state index is 0.220. The Labute approximate surface area is 117 Å². The lowest BCUT2D eigenvalue weighted by Crippen LogP contribution is -2.18.